The summed E-state index contributed by atoms with van der Waals surface area (Å²) in [5.74, 6) is 2.62. The van der Waals surface area contributed by atoms with E-state index in [4.69, 9.17) is 5.11 Å². The lowest BCUT2D eigenvalue weighted by Gasteiger charge is -2.62. The molecular weight excluding hydrogens is 377 g/mol. The molecule has 168 valence electrons. The van der Waals surface area contributed by atoms with Crippen molar-refractivity contribution in [1.82, 2.24) is 0 Å². The highest BCUT2D eigenvalue weighted by Gasteiger charge is 2.64. The van der Waals surface area contributed by atoms with E-state index in [1.807, 2.05) is 0 Å². The number of fused-ring (bicyclic) bond motifs is 5. The molecule has 8 atom stereocenters. The van der Waals surface area contributed by atoms with Crippen LogP contribution in [0.5, 0.6) is 0 Å². The molecule has 29 heavy (non-hydrogen) atoms. The highest BCUT2D eigenvalue weighted by molar-refractivity contribution is 5.11. The van der Waals surface area contributed by atoms with Crippen LogP contribution in [0.2, 0.25) is 0 Å². The van der Waals surface area contributed by atoms with E-state index in [1.165, 1.54) is 25.7 Å². The SMILES string of the molecule is C[C@]12CC[C@@](O)(C(F)(F)F)C[C@@H]1CC[C@@H]1[C@@H]2CC[C@]2(C)[C@H](CCCCO)CC[C@@H]12. The first kappa shape index (κ1) is 21.9. The number of halogens is 3. The normalized spacial score (nSPS) is 50.0. The molecule has 0 spiro atoms. The van der Waals surface area contributed by atoms with E-state index < -0.39 is 11.8 Å². The van der Waals surface area contributed by atoms with Gasteiger partial charge in [0.05, 0.1) is 0 Å². The monoisotopic (exact) mass is 416 g/mol. The molecule has 0 radical (unpaired) electrons. The van der Waals surface area contributed by atoms with Crippen molar-refractivity contribution >= 4 is 0 Å². The summed E-state index contributed by atoms with van der Waals surface area (Å²) in [5.41, 5.74) is -2.14. The number of aliphatic hydroxyl groups excluding tert-OH is 1. The first-order chi connectivity index (χ1) is 13.6. The molecular formula is C24H39F3O2. The van der Waals surface area contributed by atoms with Gasteiger partial charge in [0.25, 0.3) is 0 Å². The molecule has 0 amide bonds. The Morgan fingerprint density at radius 3 is 2.28 bits per heavy atom. The summed E-state index contributed by atoms with van der Waals surface area (Å²) in [7, 11) is 0. The fourth-order valence-corrected chi connectivity index (χ4v) is 8.59. The number of unbranched alkanes of at least 4 members (excludes halogenated alkanes) is 1. The second kappa shape index (κ2) is 7.39. The van der Waals surface area contributed by atoms with Crippen molar-refractivity contribution in [3.05, 3.63) is 0 Å². The average molecular weight is 417 g/mol. The topological polar surface area (TPSA) is 40.5 Å². The van der Waals surface area contributed by atoms with E-state index >= 15 is 0 Å². The Morgan fingerprint density at radius 2 is 1.59 bits per heavy atom. The average Bonchev–Trinajstić information content (AvgIpc) is 2.98. The second-order valence-corrected chi connectivity index (χ2v) is 11.4. The van der Waals surface area contributed by atoms with E-state index in [0.29, 0.717) is 29.6 Å². The summed E-state index contributed by atoms with van der Waals surface area (Å²) >= 11 is 0. The third-order valence-electron chi connectivity index (χ3n) is 10.4. The smallest absolute Gasteiger partial charge is 0.396 e. The minimum atomic E-state index is -4.51. The summed E-state index contributed by atoms with van der Waals surface area (Å²) < 4.78 is 40.4. The quantitative estimate of drug-likeness (QED) is 0.544. The van der Waals surface area contributed by atoms with Crippen LogP contribution in [-0.4, -0.2) is 28.6 Å². The van der Waals surface area contributed by atoms with Gasteiger partial charge in [0.1, 0.15) is 0 Å². The van der Waals surface area contributed by atoms with Crippen molar-refractivity contribution in [2.45, 2.75) is 103 Å². The lowest BCUT2D eigenvalue weighted by Crippen LogP contribution is -2.59. The Hall–Kier alpha value is -0.290. The molecule has 0 aromatic heterocycles. The van der Waals surface area contributed by atoms with Gasteiger partial charge in [-0.15, -0.1) is 0 Å². The maximum absolute atomic E-state index is 13.5. The van der Waals surface area contributed by atoms with Gasteiger partial charge in [0.15, 0.2) is 5.60 Å². The van der Waals surface area contributed by atoms with E-state index in [9.17, 15) is 18.3 Å². The van der Waals surface area contributed by atoms with Crippen LogP contribution in [0.4, 0.5) is 13.2 Å². The molecule has 0 unspecified atom stereocenters. The van der Waals surface area contributed by atoms with E-state index in [2.05, 4.69) is 13.8 Å². The molecule has 0 saturated heterocycles. The van der Waals surface area contributed by atoms with Crippen molar-refractivity contribution in [3.63, 3.8) is 0 Å². The number of hydrogen-bond acceptors (Lipinski definition) is 2. The predicted octanol–water partition coefficient (Wildman–Crippen LogP) is 6.10. The Balaban J connectivity index is 1.50. The largest absolute Gasteiger partial charge is 0.417 e. The van der Waals surface area contributed by atoms with Crippen LogP contribution >= 0.6 is 0 Å². The highest BCUT2D eigenvalue weighted by atomic mass is 19.4. The zero-order valence-electron chi connectivity index (χ0n) is 18.1. The Morgan fingerprint density at radius 1 is 0.862 bits per heavy atom. The van der Waals surface area contributed by atoms with Crippen molar-refractivity contribution < 1.29 is 23.4 Å². The molecule has 0 aliphatic heterocycles. The van der Waals surface area contributed by atoms with Crippen LogP contribution in [-0.2, 0) is 0 Å². The Labute approximate surface area is 173 Å². The molecule has 4 fully saturated rings. The fourth-order valence-electron chi connectivity index (χ4n) is 8.59. The molecule has 4 rings (SSSR count). The van der Waals surface area contributed by atoms with E-state index in [-0.39, 0.29) is 30.8 Å². The van der Waals surface area contributed by atoms with Crippen molar-refractivity contribution in [1.29, 1.82) is 0 Å². The van der Waals surface area contributed by atoms with Gasteiger partial charge < -0.3 is 10.2 Å². The molecule has 4 aliphatic carbocycles. The number of hydrogen-bond donors (Lipinski definition) is 2. The zero-order valence-corrected chi connectivity index (χ0v) is 18.1. The maximum Gasteiger partial charge on any atom is 0.417 e. The van der Waals surface area contributed by atoms with Gasteiger partial charge in [-0.25, -0.2) is 0 Å². The molecule has 5 heteroatoms. The molecule has 0 bridgehead atoms. The maximum atomic E-state index is 13.5. The molecule has 4 saturated carbocycles. The van der Waals surface area contributed by atoms with E-state index in [1.54, 1.807) is 0 Å². The minimum absolute atomic E-state index is 0.00441. The van der Waals surface area contributed by atoms with Crippen LogP contribution in [0, 0.1) is 40.4 Å². The fraction of sp³-hybridized carbons (Fsp3) is 1.00. The first-order valence-corrected chi connectivity index (χ1v) is 12.0. The third kappa shape index (κ3) is 3.37. The van der Waals surface area contributed by atoms with Gasteiger partial charge in [-0.3, -0.25) is 0 Å². The van der Waals surface area contributed by atoms with Gasteiger partial charge in [0, 0.05) is 6.61 Å². The van der Waals surface area contributed by atoms with E-state index in [0.717, 1.165) is 38.0 Å². The summed E-state index contributed by atoms with van der Waals surface area (Å²) in [4.78, 5) is 0. The molecule has 2 nitrogen and oxygen atoms in total. The molecule has 0 aromatic carbocycles. The van der Waals surface area contributed by atoms with Crippen molar-refractivity contribution in [2.75, 3.05) is 6.61 Å². The Bertz CT molecular complexity index is 607. The number of aliphatic hydroxyl groups is 2. The first-order valence-electron chi connectivity index (χ1n) is 12.0. The zero-order chi connectivity index (χ0) is 21.1. The predicted molar refractivity (Wildman–Crippen MR) is 107 cm³/mol. The summed E-state index contributed by atoms with van der Waals surface area (Å²) in [6, 6.07) is 0. The molecule has 0 heterocycles. The van der Waals surface area contributed by atoms with Crippen LogP contribution < -0.4 is 0 Å². The Kier molecular flexibility index (Phi) is 5.59. The number of alkyl halides is 3. The highest BCUT2D eigenvalue weighted by Crippen LogP contribution is 2.69. The summed E-state index contributed by atoms with van der Waals surface area (Å²) in [5, 5.41) is 19.5. The minimum Gasteiger partial charge on any atom is -0.396 e. The van der Waals surface area contributed by atoms with Gasteiger partial charge in [-0.1, -0.05) is 20.3 Å². The molecule has 2 N–H and O–H groups in total. The van der Waals surface area contributed by atoms with Crippen molar-refractivity contribution in [3.8, 4) is 0 Å². The standard InChI is InChI=1S/C24H39F3O2/c1-21-11-10-20-18(19(21)9-7-16(21)5-3-4-14-28)8-6-17-15-23(29,24(25,26)27)13-12-22(17,20)2/h16-20,28-29H,3-15H2,1-2H3/t16-,17+,18+,19+,20+,21-,22+,23+/m1/s1. The van der Waals surface area contributed by atoms with Crippen LogP contribution in [0.25, 0.3) is 0 Å². The van der Waals surface area contributed by atoms with Crippen LogP contribution in [0.3, 0.4) is 0 Å². The second-order valence-electron chi connectivity index (χ2n) is 11.4. The van der Waals surface area contributed by atoms with Gasteiger partial charge in [-0.05, 0) is 111 Å². The van der Waals surface area contributed by atoms with Crippen LogP contribution in [0.1, 0.15) is 90.9 Å². The number of rotatable bonds is 4. The summed E-state index contributed by atoms with van der Waals surface area (Å²) in [6.45, 7) is 5.02. The summed E-state index contributed by atoms with van der Waals surface area (Å²) in [6.07, 6.45) is 5.78. The van der Waals surface area contributed by atoms with Gasteiger partial charge >= 0.3 is 6.18 Å². The third-order valence-corrected chi connectivity index (χ3v) is 10.4. The lowest BCUT2D eigenvalue weighted by molar-refractivity contribution is -0.290. The molecule has 4 aliphatic rings. The van der Waals surface area contributed by atoms with Gasteiger partial charge in [-0.2, -0.15) is 13.2 Å². The van der Waals surface area contributed by atoms with Gasteiger partial charge in [0.2, 0.25) is 0 Å². The van der Waals surface area contributed by atoms with Crippen molar-refractivity contribution in [2.24, 2.45) is 40.4 Å². The lowest BCUT2D eigenvalue weighted by atomic mass is 9.43. The molecule has 0 aromatic rings. The van der Waals surface area contributed by atoms with Crippen LogP contribution in [0.15, 0.2) is 0 Å².